The van der Waals surface area contributed by atoms with Crippen LogP contribution in [0.25, 0.3) is 0 Å². The monoisotopic (exact) mass is 512 g/mol. The van der Waals surface area contributed by atoms with E-state index in [0.29, 0.717) is 30.2 Å². The third-order valence-corrected chi connectivity index (χ3v) is 8.18. The highest BCUT2D eigenvalue weighted by molar-refractivity contribution is 7.92. The molecule has 0 bridgehead atoms. The molecule has 1 N–H and O–H groups in total. The average Bonchev–Trinajstić information content (AvgIpc) is 2.93. The van der Waals surface area contributed by atoms with Gasteiger partial charge in [0.15, 0.2) is 5.75 Å². The maximum absolute atomic E-state index is 13.3. The van der Waals surface area contributed by atoms with Gasteiger partial charge in [-0.3, -0.25) is 9.10 Å². The van der Waals surface area contributed by atoms with Gasteiger partial charge in [-0.1, -0.05) is 60.7 Å². The van der Waals surface area contributed by atoms with Crippen LogP contribution in [0.3, 0.4) is 0 Å². The maximum Gasteiger partial charge on any atom is 0.264 e. The summed E-state index contributed by atoms with van der Waals surface area (Å²) in [5.74, 6) is 1.11. The van der Waals surface area contributed by atoms with E-state index >= 15 is 0 Å². The van der Waals surface area contributed by atoms with Crippen molar-refractivity contribution in [3.63, 3.8) is 0 Å². The Morgan fingerprint density at radius 3 is 2.35 bits per heavy atom. The van der Waals surface area contributed by atoms with Gasteiger partial charge in [0.25, 0.3) is 10.0 Å². The van der Waals surface area contributed by atoms with Crippen molar-refractivity contribution in [1.82, 2.24) is 0 Å². The van der Waals surface area contributed by atoms with Crippen molar-refractivity contribution >= 4 is 27.3 Å². The third kappa shape index (κ3) is 5.67. The Morgan fingerprint density at radius 1 is 0.838 bits per heavy atom. The molecular formula is C30H28N2O4S. The first-order valence-corrected chi connectivity index (χ1v) is 13.8. The topological polar surface area (TPSA) is 75.7 Å². The number of aryl methyl sites for hydroxylation is 2. The maximum atomic E-state index is 13.3. The van der Waals surface area contributed by atoms with E-state index in [-0.39, 0.29) is 17.2 Å². The number of anilines is 2. The molecule has 1 aliphatic rings. The lowest BCUT2D eigenvalue weighted by Crippen LogP contribution is -2.35. The number of para-hydroxylation sites is 4. The molecule has 6 nitrogen and oxygen atoms in total. The number of carbonyl (C=O) groups excluding carboxylic acids is 1. The van der Waals surface area contributed by atoms with E-state index in [4.69, 9.17) is 4.74 Å². The van der Waals surface area contributed by atoms with Crippen LogP contribution in [0.5, 0.6) is 11.5 Å². The van der Waals surface area contributed by atoms with Gasteiger partial charge in [0, 0.05) is 13.0 Å². The molecule has 0 atom stereocenters. The Kier molecular flexibility index (Phi) is 7.23. The highest BCUT2D eigenvalue weighted by Crippen LogP contribution is 2.32. The van der Waals surface area contributed by atoms with Crippen molar-refractivity contribution in [2.45, 2.75) is 30.6 Å². The molecule has 1 amide bonds. The van der Waals surface area contributed by atoms with Crippen molar-refractivity contribution in [2.24, 2.45) is 0 Å². The standard InChI is InChI=1S/C30H28N2O4S/c33-30(31-27-13-5-7-15-29(27)36-25-11-2-1-3-12-25)21-18-23-16-19-26(20-17-23)37(34,35)32-22-8-10-24-9-4-6-14-28(24)32/h1-7,9,11-17,19-20H,8,10,18,21-22H2,(H,31,33). The fourth-order valence-electron chi connectivity index (χ4n) is 4.45. The fraction of sp³-hybridized carbons (Fsp3) is 0.167. The normalized spacial score (nSPS) is 13.0. The number of nitrogens with zero attached hydrogens (tertiary/aromatic N) is 1. The summed E-state index contributed by atoms with van der Waals surface area (Å²) >= 11 is 0. The number of rotatable bonds is 8. The molecule has 0 radical (unpaired) electrons. The van der Waals surface area contributed by atoms with E-state index in [1.807, 2.05) is 72.8 Å². The molecule has 188 valence electrons. The first-order valence-electron chi connectivity index (χ1n) is 12.3. The van der Waals surface area contributed by atoms with Gasteiger partial charge in [-0.25, -0.2) is 8.42 Å². The van der Waals surface area contributed by atoms with Gasteiger partial charge >= 0.3 is 0 Å². The minimum absolute atomic E-state index is 0.147. The Labute approximate surface area is 217 Å². The smallest absolute Gasteiger partial charge is 0.264 e. The Balaban J connectivity index is 1.22. The number of nitrogens with one attached hydrogen (secondary N) is 1. The summed E-state index contributed by atoms with van der Waals surface area (Å²) in [6.45, 7) is 0.469. The molecule has 1 aliphatic heterocycles. The van der Waals surface area contributed by atoms with E-state index in [9.17, 15) is 13.2 Å². The van der Waals surface area contributed by atoms with Crippen LogP contribution in [0.2, 0.25) is 0 Å². The quantitative estimate of drug-likeness (QED) is 0.305. The molecule has 0 saturated carbocycles. The number of sulfonamides is 1. The summed E-state index contributed by atoms with van der Waals surface area (Å²) in [7, 11) is -3.65. The van der Waals surface area contributed by atoms with Crippen molar-refractivity contribution in [1.29, 1.82) is 0 Å². The number of hydrogen-bond donors (Lipinski definition) is 1. The van der Waals surface area contributed by atoms with Gasteiger partial charge < -0.3 is 10.1 Å². The second kappa shape index (κ2) is 10.9. The van der Waals surface area contributed by atoms with E-state index < -0.39 is 10.0 Å². The van der Waals surface area contributed by atoms with Crippen LogP contribution in [0.4, 0.5) is 11.4 Å². The largest absolute Gasteiger partial charge is 0.455 e. The van der Waals surface area contributed by atoms with Crippen LogP contribution < -0.4 is 14.4 Å². The molecule has 4 aromatic rings. The Bertz CT molecular complexity index is 1490. The summed E-state index contributed by atoms with van der Waals surface area (Å²) < 4.78 is 34.1. The van der Waals surface area contributed by atoms with Crippen LogP contribution in [-0.2, 0) is 27.7 Å². The lowest BCUT2D eigenvalue weighted by molar-refractivity contribution is -0.116. The van der Waals surface area contributed by atoms with Gasteiger partial charge in [-0.2, -0.15) is 0 Å². The highest BCUT2D eigenvalue weighted by Gasteiger charge is 2.28. The fourth-order valence-corrected chi connectivity index (χ4v) is 5.99. The third-order valence-electron chi connectivity index (χ3n) is 6.35. The summed E-state index contributed by atoms with van der Waals surface area (Å²) in [4.78, 5) is 12.9. The van der Waals surface area contributed by atoms with E-state index in [1.54, 1.807) is 30.3 Å². The number of amides is 1. The van der Waals surface area contributed by atoms with E-state index in [1.165, 1.54) is 4.31 Å². The molecular weight excluding hydrogens is 484 g/mol. The van der Waals surface area contributed by atoms with Gasteiger partial charge in [-0.05, 0) is 72.9 Å². The molecule has 4 aromatic carbocycles. The highest BCUT2D eigenvalue weighted by atomic mass is 32.2. The molecule has 0 aromatic heterocycles. The molecule has 0 fully saturated rings. The SMILES string of the molecule is O=C(CCc1ccc(S(=O)(=O)N2CCCc3ccccc32)cc1)Nc1ccccc1Oc1ccccc1. The molecule has 0 unspecified atom stereocenters. The number of carbonyl (C=O) groups is 1. The van der Waals surface area contributed by atoms with E-state index in [2.05, 4.69) is 5.32 Å². The van der Waals surface area contributed by atoms with Crippen molar-refractivity contribution in [2.75, 3.05) is 16.2 Å². The Morgan fingerprint density at radius 2 is 1.54 bits per heavy atom. The van der Waals surface area contributed by atoms with Gasteiger partial charge in [0.1, 0.15) is 5.75 Å². The molecule has 7 heteroatoms. The lowest BCUT2D eigenvalue weighted by Gasteiger charge is -2.30. The van der Waals surface area contributed by atoms with Crippen molar-refractivity contribution in [3.8, 4) is 11.5 Å². The first kappa shape index (κ1) is 24.6. The molecule has 37 heavy (non-hydrogen) atoms. The van der Waals surface area contributed by atoms with Gasteiger partial charge in [0.2, 0.25) is 5.91 Å². The zero-order valence-electron chi connectivity index (χ0n) is 20.3. The predicted octanol–water partition coefficient (Wildman–Crippen LogP) is 6.19. The first-order chi connectivity index (χ1) is 18.0. The predicted molar refractivity (Wildman–Crippen MR) is 146 cm³/mol. The molecule has 0 saturated heterocycles. The zero-order valence-corrected chi connectivity index (χ0v) is 21.2. The molecule has 0 spiro atoms. The minimum atomic E-state index is -3.65. The van der Waals surface area contributed by atoms with Gasteiger partial charge in [0.05, 0.1) is 16.3 Å². The van der Waals surface area contributed by atoms with Crippen molar-refractivity contribution < 1.29 is 17.9 Å². The number of hydrogen-bond acceptors (Lipinski definition) is 4. The molecule has 5 rings (SSSR count). The van der Waals surface area contributed by atoms with Gasteiger partial charge in [-0.15, -0.1) is 0 Å². The number of benzene rings is 4. The van der Waals surface area contributed by atoms with Crippen LogP contribution in [0, 0.1) is 0 Å². The average molecular weight is 513 g/mol. The van der Waals surface area contributed by atoms with Crippen LogP contribution in [-0.4, -0.2) is 20.9 Å². The summed E-state index contributed by atoms with van der Waals surface area (Å²) in [6.07, 6.45) is 2.42. The minimum Gasteiger partial charge on any atom is -0.455 e. The lowest BCUT2D eigenvalue weighted by atomic mass is 10.0. The molecule has 0 aliphatic carbocycles. The zero-order chi connectivity index (χ0) is 25.7. The van der Waals surface area contributed by atoms with Crippen LogP contribution >= 0.6 is 0 Å². The van der Waals surface area contributed by atoms with Crippen LogP contribution in [0.15, 0.2) is 108 Å². The number of ether oxygens (including phenoxy) is 1. The summed E-state index contributed by atoms with van der Waals surface area (Å²) in [5.41, 5.74) is 3.29. The Hall–Kier alpha value is -4.10. The number of fused-ring (bicyclic) bond motifs is 1. The summed E-state index contributed by atoms with van der Waals surface area (Å²) in [6, 6.07) is 31.2. The molecule has 1 heterocycles. The second-order valence-electron chi connectivity index (χ2n) is 8.91. The van der Waals surface area contributed by atoms with Crippen molar-refractivity contribution in [3.05, 3.63) is 114 Å². The van der Waals surface area contributed by atoms with E-state index in [0.717, 1.165) is 29.7 Å². The van der Waals surface area contributed by atoms with Crippen LogP contribution in [0.1, 0.15) is 24.0 Å². The summed E-state index contributed by atoms with van der Waals surface area (Å²) in [5, 5.41) is 2.92. The second-order valence-corrected chi connectivity index (χ2v) is 10.8.